The maximum absolute atomic E-state index is 13.1. The molecule has 2 aromatic rings. The summed E-state index contributed by atoms with van der Waals surface area (Å²) in [5.74, 6) is -1.52. The van der Waals surface area contributed by atoms with Gasteiger partial charge in [0.25, 0.3) is 5.91 Å². The minimum atomic E-state index is -5.08. The number of hydrogen-bond acceptors (Lipinski definition) is 5. The lowest BCUT2D eigenvalue weighted by Gasteiger charge is -2.27. The highest BCUT2D eigenvalue weighted by Gasteiger charge is 2.51. The normalized spacial score (nSPS) is 15.3. The van der Waals surface area contributed by atoms with Crippen molar-refractivity contribution in [2.75, 3.05) is 10.7 Å². The van der Waals surface area contributed by atoms with Crippen LogP contribution in [0.2, 0.25) is 5.02 Å². The second kappa shape index (κ2) is 11.3. The van der Waals surface area contributed by atoms with E-state index in [9.17, 15) is 22.8 Å². The number of imide groups is 1. The molecule has 0 aliphatic carbocycles. The van der Waals surface area contributed by atoms with Crippen LogP contribution in [0, 0.1) is 5.92 Å². The Morgan fingerprint density at radius 2 is 1.74 bits per heavy atom. The SMILES string of the molecule is CC(C)CSc1ccc(N2C(=O)N(Cc3ccncc3)C(C)(C)C2=O)cc1Cl.O=C(O)C(F)(F)F. The number of carbonyl (C=O) groups is 3. The van der Waals surface area contributed by atoms with Crippen molar-refractivity contribution in [3.8, 4) is 0 Å². The van der Waals surface area contributed by atoms with Crippen LogP contribution in [0.1, 0.15) is 33.3 Å². The van der Waals surface area contributed by atoms with Crippen molar-refractivity contribution in [3.63, 3.8) is 0 Å². The Kier molecular flexibility index (Phi) is 9.18. The number of anilines is 1. The molecule has 3 amide bonds. The minimum absolute atomic E-state index is 0.259. The first-order valence-electron chi connectivity index (χ1n) is 10.4. The molecule has 3 rings (SSSR count). The van der Waals surface area contributed by atoms with Crippen LogP contribution in [0.5, 0.6) is 0 Å². The van der Waals surface area contributed by atoms with Gasteiger partial charge >= 0.3 is 18.2 Å². The van der Waals surface area contributed by atoms with Gasteiger partial charge in [0.2, 0.25) is 0 Å². The number of rotatable bonds is 6. The summed E-state index contributed by atoms with van der Waals surface area (Å²) >= 11 is 8.11. The van der Waals surface area contributed by atoms with Gasteiger partial charge in [-0.15, -0.1) is 11.8 Å². The van der Waals surface area contributed by atoms with E-state index in [1.807, 2.05) is 18.2 Å². The molecule has 0 unspecified atom stereocenters. The molecule has 1 aromatic carbocycles. The van der Waals surface area contributed by atoms with Crippen LogP contribution < -0.4 is 4.90 Å². The standard InChI is InChI=1S/C21H24ClN3O2S.C2HF3O2/c1-14(2)13-28-18-6-5-16(11-17(18)22)25-19(26)21(3,4)24(20(25)27)12-15-7-9-23-10-8-15;3-2(4,5)1(6)7/h5-11,14H,12-13H2,1-4H3;(H,6,7). The first-order valence-corrected chi connectivity index (χ1v) is 11.8. The number of thioether (sulfide) groups is 1. The predicted octanol–water partition coefficient (Wildman–Crippen LogP) is 5.86. The largest absolute Gasteiger partial charge is 0.490 e. The number of pyridine rings is 1. The molecule has 12 heteroatoms. The second-order valence-electron chi connectivity index (χ2n) is 8.55. The van der Waals surface area contributed by atoms with E-state index < -0.39 is 17.7 Å². The molecular formula is C23H25ClF3N3O4S. The van der Waals surface area contributed by atoms with Gasteiger partial charge in [-0.3, -0.25) is 9.78 Å². The lowest BCUT2D eigenvalue weighted by Crippen LogP contribution is -2.43. The molecule has 1 aromatic heterocycles. The third kappa shape index (κ3) is 7.11. The Labute approximate surface area is 210 Å². The van der Waals surface area contributed by atoms with Crippen molar-refractivity contribution < 1.29 is 32.7 Å². The van der Waals surface area contributed by atoms with Gasteiger partial charge < -0.3 is 10.0 Å². The average Bonchev–Trinajstić information content (AvgIpc) is 2.92. The van der Waals surface area contributed by atoms with Gasteiger partial charge in [0, 0.05) is 29.6 Å². The van der Waals surface area contributed by atoms with Crippen molar-refractivity contribution >= 4 is 47.0 Å². The highest BCUT2D eigenvalue weighted by Crippen LogP contribution is 2.37. The van der Waals surface area contributed by atoms with Crippen LogP contribution in [0.3, 0.4) is 0 Å². The molecule has 0 radical (unpaired) electrons. The van der Waals surface area contributed by atoms with Crippen molar-refractivity contribution in [1.82, 2.24) is 9.88 Å². The highest BCUT2D eigenvalue weighted by atomic mass is 35.5. The van der Waals surface area contributed by atoms with Crippen LogP contribution in [0.4, 0.5) is 23.7 Å². The van der Waals surface area contributed by atoms with E-state index in [1.165, 1.54) is 4.90 Å². The van der Waals surface area contributed by atoms with Crippen LogP contribution in [-0.2, 0) is 16.1 Å². The molecule has 0 atom stereocenters. The lowest BCUT2D eigenvalue weighted by molar-refractivity contribution is -0.192. The fourth-order valence-corrected chi connectivity index (χ4v) is 4.21. The van der Waals surface area contributed by atoms with Crippen LogP contribution in [-0.4, -0.2) is 50.4 Å². The van der Waals surface area contributed by atoms with Gasteiger partial charge in [-0.1, -0.05) is 25.4 Å². The molecule has 190 valence electrons. The van der Waals surface area contributed by atoms with Crippen LogP contribution in [0.25, 0.3) is 0 Å². The van der Waals surface area contributed by atoms with Gasteiger partial charge in [0.15, 0.2) is 0 Å². The van der Waals surface area contributed by atoms with E-state index in [2.05, 4.69) is 18.8 Å². The number of alkyl halides is 3. The first-order chi connectivity index (χ1) is 16.2. The fourth-order valence-electron chi connectivity index (χ4n) is 3.00. The van der Waals surface area contributed by atoms with E-state index in [-0.39, 0.29) is 11.9 Å². The van der Waals surface area contributed by atoms with Gasteiger partial charge in [0.05, 0.1) is 10.7 Å². The van der Waals surface area contributed by atoms with Crippen molar-refractivity contribution in [3.05, 3.63) is 53.3 Å². The maximum Gasteiger partial charge on any atom is 0.490 e. The molecular weight excluding hydrogens is 507 g/mol. The number of aromatic nitrogens is 1. The van der Waals surface area contributed by atoms with E-state index >= 15 is 0 Å². The van der Waals surface area contributed by atoms with E-state index in [4.69, 9.17) is 21.5 Å². The zero-order valence-electron chi connectivity index (χ0n) is 19.5. The molecule has 1 aliphatic rings. The number of halogens is 4. The summed E-state index contributed by atoms with van der Waals surface area (Å²) in [4.78, 5) is 42.8. The first kappa shape index (κ1) is 28.4. The predicted molar refractivity (Wildman–Crippen MR) is 127 cm³/mol. The molecule has 35 heavy (non-hydrogen) atoms. The fraction of sp³-hybridized carbons (Fsp3) is 0.391. The Morgan fingerprint density at radius 3 is 2.23 bits per heavy atom. The molecule has 1 aliphatic heterocycles. The van der Waals surface area contributed by atoms with Gasteiger partial charge in [-0.25, -0.2) is 14.5 Å². The Bertz CT molecular complexity index is 1080. The number of carboxylic acids is 1. The van der Waals surface area contributed by atoms with E-state index in [1.54, 1.807) is 55.0 Å². The molecule has 0 bridgehead atoms. The topological polar surface area (TPSA) is 90.8 Å². The average molecular weight is 532 g/mol. The van der Waals surface area contributed by atoms with E-state index in [0.29, 0.717) is 23.2 Å². The molecule has 7 nitrogen and oxygen atoms in total. The maximum atomic E-state index is 13.1. The minimum Gasteiger partial charge on any atom is -0.475 e. The number of benzene rings is 1. The summed E-state index contributed by atoms with van der Waals surface area (Å²) in [6.45, 7) is 8.17. The van der Waals surface area contributed by atoms with Gasteiger partial charge in [0.1, 0.15) is 5.54 Å². The Morgan fingerprint density at radius 1 is 1.17 bits per heavy atom. The molecule has 1 fully saturated rings. The van der Waals surface area contributed by atoms with Crippen LogP contribution in [0.15, 0.2) is 47.6 Å². The van der Waals surface area contributed by atoms with Crippen LogP contribution >= 0.6 is 23.4 Å². The number of aliphatic carboxylic acids is 1. The second-order valence-corrected chi connectivity index (χ2v) is 10.0. The number of hydrogen-bond donors (Lipinski definition) is 1. The van der Waals surface area contributed by atoms with Gasteiger partial charge in [-0.2, -0.15) is 13.2 Å². The molecule has 1 N–H and O–H groups in total. The third-order valence-electron chi connectivity index (χ3n) is 4.90. The summed E-state index contributed by atoms with van der Waals surface area (Å²) in [7, 11) is 0. The Balaban J connectivity index is 0.000000540. The number of urea groups is 1. The number of amides is 3. The highest BCUT2D eigenvalue weighted by molar-refractivity contribution is 7.99. The Hall–Kier alpha value is -2.79. The summed E-state index contributed by atoms with van der Waals surface area (Å²) in [6.07, 6.45) is -1.73. The number of carboxylic acid groups (broad SMARTS) is 1. The quantitative estimate of drug-likeness (QED) is 0.370. The summed E-state index contributed by atoms with van der Waals surface area (Å²) < 4.78 is 31.7. The van der Waals surface area contributed by atoms with E-state index in [0.717, 1.165) is 16.2 Å². The smallest absolute Gasteiger partial charge is 0.475 e. The number of carbonyl (C=O) groups excluding carboxylic acids is 2. The summed E-state index contributed by atoms with van der Waals surface area (Å²) in [5.41, 5.74) is 0.474. The third-order valence-corrected chi connectivity index (χ3v) is 6.83. The molecule has 0 spiro atoms. The lowest BCUT2D eigenvalue weighted by atomic mass is 10.0. The summed E-state index contributed by atoms with van der Waals surface area (Å²) in [6, 6.07) is 8.71. The van der Waals surface area contributed by atoms with Gasteiger partial charge in [-0.05, 0) is 55.7 Å². The number of nitrogens with zero attached hydrogens (tertiary/aromatic N) is 3. The molecule has 2 heterocycles. The molecule has 0 saturated carbocycles. The van der Waals surface area contributed by atoms with Crippen molar-refractivity contribution in [2.45, 2.75) is 50.9 Å². The zero-order valence-corrected chi connectivity index (χ0v) is 21.0. The molecule has 1 saturated heterocycles. The zero-order chi connectivity index (χ0) is 26.6. The monoisotopic (exact) mass is 531 g/mol. The van der Waals surface area contributed by atoms with Crippen molar-refractivity contribution in [2.24, 2.45) is 5.92 Å². The summed E-state index contributed by atoms with van der Waals surface area (Å²) in [5, 5.41) is 7.68. The van der Waals surface area contributed by atoms with Crippen molar-refractivity contribution in [1.29, 1.82) is 0 Å².